The van der Waals surface area contributed by atoms with Crippen molar-refractivity contribution in [3.8, 4) is 0 Å². The number of hydrogen-bond acceptors (Lipinski definition) is 4. The Bertz CT molecular complexity index is 615. The van der Waals surface area contributed by atoms with E-state index in [0.717, 1.165) is 10.5 Å². The molecule has 3 nitrogen and oxygen atoms in total. The fraction of sp³-hybridized carbons (Fsp3) is 0.263. The van der Waals surface area contributed by atoms with E-state index >= 15 is 0 Å². The molecule has 120 valence electrons. The van der Waals surface area contributed by atoms with Gasteiger partial charge in [0.1, 0.15) is 17.6 Å². The standard InChI is InChI=1S/C19H20O3S/c20-17-11-12-19(23-16-9-5-2-6-10-16)22-18(17)14-21-13-15-7-3-1-4-8-15/h1-12,17-20H,13-14H2/t17-,18+,19+/m0/s1. The smallest absolute Gasteiger partial charge is 0.126 e. The van der Waals surface area contributed by atoms with Crippen LogP contribution in [0.4, 0.5) is 0 Å². The maximum atomic E-state index is 10.0. The molecule has 0 amide bonds. The van der Waals surface area contributed by atoms with Gasteiger partial charge in [0.05, 0.1) is 13.2 Å². The molecule has 2 aromatic carbocycles. The highest BCUT2D eigenvalue weighted by molar-refractivity contribution is 8.00. The van der Waals surface area contributed by atoms with Crippen molar-refractivity contribution in [2.24, 2.45) is 0 Å². The highest BCUT2D eigenvalue weighted by atomic mass is 32.2. The van der Waals surface area contributed by atoms with Gasteiger partial charge >= 0.3 is 0 Å². The van der Waals surface area contributed by atoms with Gasteiger partial charge in [0, 0.05) is 4.90 Å². The zero-order chi connectivity index (χ0) is 15.9. The molecule has 0 aromatic heterocycles. The fourth-order valence-electron chi connectivity index (χ4n) is 2.33. The van der Waals surface area contributed by atoms with Gasteiger partial charge in [-0.2, -0.15) is 0 Å². The Hall–Kier alpha value is -1.59. The van der Waals surface area contributed by atoms with Crippen LogP contribution in [0.3, 0.4) is 0 Å². The normalized spacial score (nSPS) is 23.8. The van der Waals surface area contributed by atoms with Gasteiger partial charge in [-0.15, -0.1) is 0 Å². The van der Waals surface area contributed by atoms with Crippen LogP contribution in [-0.2, 0) is 16.1 Å². The van der Waals surface area contributed by atoms with E-state index in [2.05, 4.69) is 0 Å². The molecule has 4 heteroatoms. The molecule has 0 fully saturated rings. The van der Waals surface area contributed by atoms with E-state index in [1.807, 2.05) is 66.7 Å². The summed E-state index contributed by atoms with van der Waals surface area (Å²) in [5.41, 5.74) is 1.01. The third kappa shape index (κ3) is 4.94. The van der Waals surface area contributed by atoms with Crippen molar-refractivity contribution in [1.29, 1.82) is 0 Å². The molecule has 0 unspecified atom stereocenters. The average Bonchev–Trinajstić information content (AvgIpc) is 2.59. The summed E-state index contributed by atoms with van der Waals surface area (Å²) in [5.74, 6) is 0. The number of hydrogen-bond donors (Lipinski definition) is 1. The molecular weight excluding hydrogens is 308 g/mol. The van der Waals surface area contributed by atoms with Crippen LogP contribution in [0.2, 0.25) is 0 Å². The first-order chi connectivity index (χ1) is 11.3. The topological polar surface area (TPSA) is 38.7 Å². The lowest BCUT2D eigenvalue weighted by Gasteiger charge is -2.29. The number of benzene rings is 2. The summed E-state index contributed by atoms with van der Waals surface area (Å²) in [5, 5.41) is 10.0. The summed E-state index contributed by atoms with van der Waals surface area (Å²) in [7, 11) is 0. The monoisotopic (exact) mass is 328 g/mol. The second-order valence-electron chi connectivity index (χ2n) is 5.35. The Morgan fingerprint density at radius 2 is 1.65 bits per heavy atom. The predicted octanol–water partition coefficient (Wildman–Crippen LogP) is 3.64. The van der Waals surface area contributed by atoms with E-state index in [0.29, 0.717) is 13.2 Å². The molecule has 3 atom stereocenters. The fourth-order valence-corrected chi connectivity index (χ4v) is 3.28. The van der Waals surface area contributed by atoms with Gasteiger partial charge < -0.3 is 14.6 Å². The van der Waals surface area contributed by atoms with Gasteiger partial charge in [-0.1, -0.05) is 66.4 Å². The summed E-state index contributed by atoms with van der Waals surface area (Å²) in [6.45, 7) is 0.889. The van der Waals surface area contributed by atoms with Gasteiger partial charge in [-0.25, -0.2) is 0 Å². The number of rotatable bonds is 6. The zero-order valence-corrected chi connectivity index (χ0v) is 13.6. The lowest BCUT2D eigenvalue weighted by Crippen LogP contribution is -2.37. The Balaban J connectivity index is 1.50. The van der Waals surface area contributed by atoms with Crippen LogP contribution in [0.25, 0.3) is 0 Å². The average molecular weight is 328 g/mol. The van der Waals surface area contributed by atoms with E-state index in [-0.39, 0.29) is 11.5 Å². The predicted molar refractivity (Wildman–Crippen MR) is 92.2 cm³/mol. The Labute approximate surface area is 140 Å². The van der Waals surface area contributed by atoms with Crippen LogP contribution in [0.1, 0.15) is 5.56 Å². The molecule has 0 bridgehead atoms. The van der Waals surface area contributed by atoms with Crippen molar-refractivity contribution in [3.05, 3.63) is 78.4 Å². The third-order valence-electron chi connectivity index (χ3n) is 3.54. The maximum Gasteiger partial charge on any atom is 0.126 e. The number of ether oxygens (including phenoxy) is 2. The van der Waals surface area contributed by atoms with Crippen LogP contribution in [-0.4, -0.2) is 29.4 Å². The van der Waals surface area contributed by atoms with Crippen molar-refractivity contribution < 1.29 is 14.6 Å². The summed E-state index contributed by atoms with van der Waals surface area (Å²) in [6.07, 6.45) is 2.72. The van der Waals surface area contributed by atoms with Crippen molar-refractivity contribution >= 4 is 11.8 Å². The number of aliphatic hydroxyl groups is 1. The van der Waals surface area contributed by atoms with Crippen molar-refractivity contribution in [1.82, 2.24) is 0 Å². The molecule has 1 aliphatic heterocycles. The second kappa shape index (κ2) is 8.31. The van der Waals surface area contributed by atoms with Gasteiger partial charge in [0.25, 0.3) is 0 Å². The largest absolute Gasteiger partial charge is 0.386 e. The number of aliphatic hydroxyl groups excluding tert-OH is 1. The van der Waals surface area contributed by atoms with E-state index in [1.165, 1.54) is 0 Å². The highest BCUT2D eigenvalue weighted by Crippen LogP contribution is 2.29. The van der Waals surface area contributed by atoms with Crippen molar-refractivity contribution in [2.75, 3.05) is 6.61 Å². The first-order valence-corrected chi connectivity index (χ1v) is 8.54. The van der Waals surface area contributed by atoms with Crippen molar-refractivity contribution in [2.45, 2.75) is 29.1 Å². The Morgan fingerprint density at radius 1 is 0.957 bits per heavy atom. The molecule has 0 saturated heterocycles. The summed E-state index contributed by atoms with van der Waals surface area (Å²) in [6, 6.07) is 20.1. The molecule has 0 spiro atoms. The molecule has 1 heterocycles. The summed E-state index contributed by atoms with van der Waals surface area (Å²) in [4.78, 5) is 1.14. The van der Waals surface area contributed by atoms with Crippen LogP contribution in [0, 0.1) is 0 Å². The molecule has 0 radical (unpaired) electrons. The van der Waals surface area contributed by atoms with E-state index in [9.17, 15) is 5.11 Å². The molecule has 0 aliphatic carbocycles. The minimum atomic E-state index is -0.626. The molecule has 2 aromatic rings. The van der Waals surface area contributed by atoms with E-state index in [4.69, 9.17) is 9.47 Å². The maximum absolute atomic E-state index is 10.0. The highest BCUT2D eigenvalue weighted by Gasteiger charge is 2.26. The van der Waals surface area contributed by atoms with Crippen LogP contribution in [0.15, 0.2) is 77.7 Å². The van der Waals surface area contributed by atoms with Gasteiger partial charge in [0.2, 0.25) is 0 Å². The minimum Gasteiger partial charge on any atom is -0.386 e. The quantitative estimate of drug-likeness (QED) is 0.822. The Morgan fingerprint density at radius 3 is 2.39 bits per heavy atom. The molecular formula is C19H20O3S. The Kier molecular flexibility index (Phi) is 5.88. The van der Waals surface area contributed by atoms with Gasteiger partial charge in [0.15, 0.2) is 0 Å². The van der Waals surface area contributed by atoms with Crippen LogP contribution >= 0.6 is 11.8 Å². The van der Waals surface area contributed by atoms with E-state index < -0.39 is 6.10 Å². The van der Waals surface area contributed by atoms with E-state index in [1.54, 1.807) is 17.8 Å². The van der Waals surface area contributed by atoms with Crippen LogP contribution in [0.5, 0.6) is 0 Å². The molecule has 23 heavy (non-hydrogen) atoms. The summed E-state index contributed by atoms with van der Waals surface area (Å²) >= 11 is 1.62. The molecule has 1 aliphatic rings. The third-order valence-corrected chi connectivity index (χ3v) is 4.59. The lowest BCUT2D eigenvalue weighted by atomic mass is 10.1. The molecule has 0 saturated carbocycles. The first-order valence-electron chi connectivity index (χ1n) is 7.66. The lowest BCUT2D eigenvalue weighted by molar-refractivity contribution is -0.0752. The van der Waals surface area contributed by atoms with Gasteiger partial charge in [-0.05, 0) is 23.8 Å². The first kappa shape index (κ1) is 16.3. The number of thioether (sulfide) groups is 1. The zero-order valence-electron chi connectivity index (χ0n) is 12.7. The summed E-state index contributed by atoms with van der Waals surface area (Å²) < 4.78 is 11.6. The second-order valence-corrected chi connectivity index (χ2v) is 6.52. The SMILES string of the molecule is O[C@H]1C=C[C@@H](Sc2ccccc2)O[C@@H]1COCc1ccccc1. The molecule has 1 N–H and O–H groups in total. The van der Waals surface area contributed by atoms with Gasteiger partial charge in [-0.3, -0.25) is 0 Å². The molecule has 3 rings (SSSR count). The minimum absolute atomic E-state index is 0.105. The van der Waals surface area contributed by atoms with Crippen LogP contribution < -0.4 is 0 Å². The van der Waals surface area contributed by atoms with Crippen molar-refractivity contribution in [3.63, 3.8) is 0 Å².